The van der Waals surface area contributed by atoms with Gasteiger partial charge in [-0.15, -0.1) is 0 Å². The number of aldehydes is 1. The lowest BCUT2D eigenvalue weighted by molar-refractivity contribution is -0.139. The molecular formula is C14H7F5O. The second kappa shape index (κ2) is 5.03. The van der Waals surface area contributed by atoms with Crippen LogP contribution in [0.2, 0.25) is 0 Å². The topological polar surface area (TPSA) is 17.1 Å². The molecule has 104 valence electrons. The van der Waals surface area contributed by atoms with Crippen LogP contribution >= 0.6 is 0 Å². The summed E-state index contributed by atoms with van der Waals surface area (Å²) in [5, 5.41) is 0. The molecule has 0 bridgehead atoms. The Morgan fingerprint density at radius 1 is 0.850 bits per heavy atom. The summed E-state index contributed by atoms with van der Waals surface area (Å²) >= 11 is 0. The monoisotopic (exact) mass is 286 g/mol. The largest absolute Gasteiger partial charge is 0.419 e. The Labute approximate surface area is 110 Å². The molecule has 20 heavy (non-hydrogen) atoms. The number of carbonyl (C=O) groups is 1. The molecule has 2 aromatic carbocycles. The molecular weight excluding hydrogens is 279 g/mol. The molecule has 0 N–H and O–H groups in total. The van der Waals surface area contributed by atoms with Crippen LogP contribution in [0, 0.1) is 11.6 Å². The van der Waals surface area contributed by atoms with Crippen LogP contribution in [-0.4, -0.2) is 6.29 Å². The molecule has 0 saturated carbocycles. The van der Waals surface area contributed by atoms with Crippen LogP contribution in [-0.2, 0) is 6.18 Å². The van der Waals surface area contributed by atoms with Crippen molar-refractivity contribution in [2.45, 2.75) is 6.18 Å². The van der Waals surface area contributed by atoms with Crippen LogP contribution in [0.1, 0.15) is 15.9 Å². The zero-order valence-electron chi connectivity index (χ0n) is 9.84. The molecule has 6 heteroatoms. The Bertz CT molecular complexity index is 661. The molecule has 0 fully saturated rings. The molecule has 1 nitrogen and oxygen atoms in total. The minimum Gasteiger partial charge on any atom is -0.298 e. The quantitative estimate of drug-likeness (QED) is 0.588. The normalized spacial score (nSPS) is 11.4. The fraction of sp³-hybridized carbons (Fsp3) is 0.0714. The highest BCUT2D eigenvalue weighted by Gasteiger charge is 2.34. The Hall–Kier alpha value is -2.24. The zero-order chi connectivity index (χ0) is 14.9. The third kappa shape index (κ3) is 2.68. The first kappa shape index (κ1) is 14.2. The highest BCUT2D eigenvalue weighted by Crippen LogP contribution is 2.34. The van der Waals surface area contributed by atoms with Crippen molar-refractivity contribution in [3.8, 4) is 11.1 Å². The number of rotatable bonds is 2. The molecule has 0 unspecified atom stereocenters. The number of hydrogen-bond acceptors (Lipinski definition) is 1. The van der Waals surface area contributed by atoms with Gasteiger partial charge in [0, 0.05) is 0 Å². The number of alkyl halides is 3. The van der Waals surface area contributed by atoms with Gasteiger partial charge in [0.05, 0.1) is 11.1 Å². The van der Waals surface area contributed by atoms with Crippen molar-refractivity contribution >= 4 is 6.29 Å². The predicted octanol–water partition coefficient (Wildman–Crippen LogP) is 4.46. The molecule has 0 amide bonds. The summed E-state index contributed by atoms with van der Waals surface area (Å²) < 4.78 is 64.1. The molecule has 0 aromatic heterocycles. The predicted molar refractivity (Wildman–Crippen MR) is 62.2 cm³/mol. The summed E-state index contributed by atoms with van der Waals surface area (Å²) in [6.07, 6.45) is -4.57. The number of carbonyl (C=O) groups excluding carboxylic acids is 1. The van der Waals surface area contributed by atoms with Crippen LogP contribution in [0.3, 0.4) is 0 Å². The van der Waals surface area contributed by atoms with Crippen molar-refractivity contribution in [3.05, 3.63) is 59.2 Å². The van der Waals surface area contributed by atoms with E-state index in [9.17, 15) is 26.7 Å². The summed E-state index contributed by atoms with van der Waals surface area (Å²) in [7, 11) is 0. The van der Waals surface area contributed by atoms with Gasteiger partial charge in [-0.25, -0.2) is 8.78 Å². The maximum atomic E-state index is 13.2. The van der Waals surface area contributed by atoms with Crippen LogP contribution in [0.25, 0.3) is 11.1 Å². The molecule has 0 radical (unpaired) electrons. The maximum Gasteiger partial charge on any atom is 0.419 e. The molecule has 0 heterocycles. The standard InChI is InChI=1S/C14H7F5O/c15-12-3-1-8(5-10(12)7-20)9-2-4-13(16)11(6-9)14(17,18)19/h1-7H. The van der Waals surface area contributed by atoms with E-state index >= 15 is 0 Å². The van der Waals surface area contributed by atoms with Crippen molar-refractivity contribution in [2.24, 2.45) is 0 Å². The first-order chi connectivity index (χ1) is 9.32. The first-order valence-electron chi connectivity index (χ1n) is 5.45. The van der Waals surface area contributed by atoms with Crippen LogP contribution in [0.15, 0.2) is 36.4 Å². The van der Waals surface area contributed by atoms with Crippen molar-refractivity contribution in [1.29, 1.82) is 0 Å². The Morgan fingerprint density at radius 2 is 1.40 bits per heavy atom. The molecule has 0 aliphatic heterocycles. The fourth-order valence-corrected chi connectivity index (χ4v) is 1.74. The van der Waals surface area contributed by atoms with Gasteiger partial charge in [-0.3, -0.25) is 4.79 Å². The molecule has 2 rings (SSSR count). The average molecular weight is 286 g/mol. The minimum absolute atomic E-state index is 0.0434. The minimum atomic E-state index is -4.83. The number of halogens is 5. The second-order valence-corrected chi connectivity index (χ2v) is 4.05. The van der Waals surface area contributed by atoms with Crippen LogP contribution in [0.5, 0.6) is 0 Å². The highest BCUT2D eigenvalue weighted by atomic mass is 19.4. The summed E-state index contributed by atoms with van der Waals surface area (Å²) in [6, 6.07) is 5.73. The van der Waals surface area contributed by atoms with Crippen LogP contribution < -0.4 is 0 Å². The van der Waals surface area contributed by atoms with E-state index in [0.717, 1.165) is 18.2 Å². The van der Waals surface area contributed by atoms with Crippen molar-refractivity contribution < 1.29 is 26.7 Å². The summed E-state index contributed by atoms with van der Waals surface area (Å²) in [6.45, 7) is 0. The molecule has 0 aliphatic rings. The SMILES string of the molecule is O=Cc1cc(-c2ccc(F)c(C(F)(F)F)c2)ccc1F. The lowest BCUT2D eigenvalue weighted by atomic mass is 10.0. The number of benzene rings is 2. The zero-order valence-corrected chi connectivity index (χ0v) is 9.84. The van der Waals surface area contributed by atoms with Gasteiger partial charge in [0.1, 0.15) is 11.6 Å². The molecule has 0 atom stereocenters. The van der Waals surface area contributed by atoms with Gasteiger partial charge in [-0.2, -0.15) is 13.2 Å². The van der Waals surface area contributed by atoms with Crippen molar-refractivity contribution in [3.63, 3.8) is 0 Å². The van der Waals surface area contributed by atoms with E-state index in [4.69, 9.17) is 0 Å². The van der Waals surface area contributed by atoms with Gasteiger partial charge in [0.15, 0.2) is 6.29 Å². The van der Waals surface area contributed by atoms with Gasteiger partial charge in [-0.1, -0.05) is 12.1 Å². The van der Waals surface area contributed by atoms with Gasteiger partial charge >= 0.3 is 6.18 Å². The van der Waals surface area contributed by atoms with E-state index in [1.807, 2.05) is 0 Å². The van der Waals surface area contributed by atoms with E-state index < -0.39 is 23.4 Å². The first-order valence-corrected chi connectivity index (χ1v) is 5.45. The molecule has 0 saturated heterocycles. The van der Waals surface area contributed by atoms with Gasteiger partial charge < -0.3 is 0 Å². The Morgan fingerprint density at radius 3 is 1.95 bits per heavy atom. The molecule has 2 aromatic rings. The van der Waals surface area contributed by atoms with Gasteiger partial charge in [0.2, 0.25) is 0 Å². The van der Waals surface area contributed by atoms with Gasteiger partial charge in [-0.05, 0) is 35.4 Å². The molecule has 0 spiro atoms. The third-order valence-corrected chi connectivity index (χ3v) is 2.73. The lowest BCUT2D eigenvalue weighted by Gasteiger charge is -2.10. The van der Waals surface area contributed by atoms with Crippen molar-refractivity contribution in [1.82, 2.24) is 0 Å². The van der Waals surface area contributed by atoms with E-state index in [-0.39, 0.29) is 23.0 Å². The Kier molecular flexibility index (Phi) is 3.57. The van der Waals surface area contributed by atoms with E-state index in [1.165, 1.54) is 6.07 Å². The van der Waals surface area contributed by atoms with Gasteiger partial charge in [0.25, 0.3) is 0 Å². The van der Waals surface area contributed by atoms with E-state index in [1.54, 1.807) is 0 Å². The average Bonchev–Trinajstić information content (AvgIpc) is 2.38. The highest BCUT2D eigenvalue weighted by molar-refractivity contribution is 5.79. The smallest absolute Gasteiger partial charge is 0.298 e. The van der Waals surface area contributed by atoms with E-state index in [2.05, 4.69) is 0 Å². The summed E-state index contributed by atoms with van der Waals surface area (Å²) in [5.74, 6) is -2.17. The Balaban J connectivity index is 2.56. The third-order valence-electron chi connectivity index (χ3n) is 2.73. The molecule has 0 aliphatic carbocycles. The van der Waals surface area contributed by atoms with E-state index in [0.29, 0.717) is 12.1 Å². The summed E-state index contributed by atoms with van der Waals surface area (Å²) in [4.78, 5) is 10.6. The maximum absolute atomic E-state index is 13.2. The lowest BCUT2D eigenvalue weighted by Crippen LogP contribution is -2.08. The van der Waals surface area contributed by atoms with Crippen LogP contribution in [0.4, 0.5) is 22.0 Å². The fourth-order valence-electron chi connectivity index (χ4n) is 1.74. The van der Waals surface area contributed by atoms with Crippen molar-refractivity contribution in [2.75, 3.05) is 0 Å². The number of hydrogen-bond donors (Lipinski definition) is 0. The summed E-state index contributed by atoms with van der Waals surface area (Å²) in [5.41, 5.74) is -1.45. The second-order valence-electron chi connectivity index (χ2n) is 4.05.